The molecule has 0 unspecified atom stereocenters. The second-order valence-corrected chi connectivity index (χ2v) is 10.2. The van der Waals surface area contributed by atoms with E-state index in [0.29, 0.717) is 59.3 Å². The highest BCUT2D eigenvalue weighted by Gasteiger charge is 2.21. The van der Waals surface area contributed by atoms with Crippen LogP contribution in [0.1, 0.15) is 32.5 Å². The second-order valence-electron chi connectivity index (χ2n) is 8.47. The third-order valence-electron chi connectivity index (χ3n) is 5.39. The lowest BCUT2D eigenvalue weighted by Gasteiger charge is -2.13. The Balaban J connectivity index is 1.82. The summed E-state index contributed by atoms with van der Waals surface area (Å²) in [5.41, 5.74) is 1.22. The normalized spacial score (nSPS) is 12.3. The number of imidazole rings is 1. The molecule has 0 saturated carbocycles. The lowest BCUT2D eigenvalue weighted by Crippen LogP contribution is -2.31. The molecule has 0 aliphatic heterocycles. The zero-order valence-corrected chi connectivity index (χ0v) is 21.1. The Morgan fingerprint density at radius 1 is 1.14 bits per heavy atom. The summed E-state index contributed by atoms with van der Waals surface area (Å²) in [5, 5.41) is 8.34. The molecule has 0 saturated heterocycles. The SMILES string of the molecule is CCCOc1ccc(S(=O)(=O)NCCN(C)C)cc1-c1nc2[nH]c(=O)n3c(CCC)nnc3c2[nH]1. The molecule has 0 radical (unpaired) electrons. The minimum atomic E-state index is -3.76. The van der Waals surface area contributed by atoms with Gasteiger partial charge in [-0.1, -0.05) is 13.8 Å². The van der Waals surface area contributed by atoms with Crippen LogP contribution < -0.4 is 15.1 Å². The molecule has 188 valence electrons. The fourth-order valence-electron chi connectivity index (χ4n) is 3.67. The molecule has 0 fully saturated rings. The average molecular weight is 503 g/mol. The summed E-state index contributed by atoms with van der Waals surface area (Å²) in [6.07, 6.45) is 2.19. The number of aryl methyl sites for hydroxylation is 1. The molecule has 35 heavy (non-hydrogen) atoms. The molecule has 1 aromatic carbocycles. The standard InChI is InChI=1S/C22H30N8O4S/c1-5-7-17-27-28-21-18-20(26-22(31)30(17)21)25-19(24-18)15-13-14(8-9-16(15)34-12-6-2)35(32,33)23-10-11-29(3)4/h8-9,13,23H,5-7,10-12H2,1-4H3,(H,24,25)(H,26,31). The summed E-state index contributed by atoms with van der Waals surface area (Å²) < 4.78 is 35.7. The molecule has 0 aliphatic carbocycles. The fraction of sp³-hybridized carbons (Fsp3) is 0.455. The van der Waals surface area contributed by atoms with Crippen molar-refractivity contribution >= 4 is 26.8 Å². The van der Waals surface area contributed by atoms with Crippen molar-refractivity contribution in [2.24, 2.45) is 0 Å². The van der Waals surface area contributed by atoms with Crippen LogP contribution in [0.15, 0.2) is 27.9 Å². The van der Waals surface area contributed by atoms with Gasteiger partial charge in [-0.25, -0.2) is 27.3 Å². The minimum absolute atomic E-state index is 0.0851. The Labute approximate surface area is 202 Å². The summed E-state index contributed by atoms with van der Waals surface area (Å²) in [4.78, 5) is 25.2. The van der Waals surface area contributed by atoms with E-state index in [-0.39, 0.29) is 17.1 Å². The molecule has 0 atom stereocenters. The van der Waals surface area contributed by atoms with Crippen LogP contribution in [0.4, 0.5) is 0 Å². The van der Waals surface area contributed by atoms with Crippen molar-refractivity contribution in [3.63, 3.8) is 0 Å². The van der Waals surface area contributed by atoms with Gasteiger partial charge in [-0.05, 0) is 45.1 Å². The first-order valence-electron chi connectivity index (χ1n) is 11.5. The highest BCUT2D eigenvalue weighted by atomic mass is 32.2. The maximum Gasteiger partial charge on any atom is 0.334 e. The topological polar surface area (TPSA) is 150 Å². The molecule has 13 heteroatoms. The van der Waals surface area contributed by atoms with Crippen molar-refractivity contribution in [1.29, 1.82) is 0 Å². The molecule has 0 aliphatic rings. The van der Waals surface area contributed by atoms with E-state index in [1.54, 1.807) is 6.07 Å². The van der Waals surface area contributed by atoms with Crippen LogP contribution in [0.5, 0.6) is 5.75 Å². The van der Waals surface area contributed by atoms with Crippen LogP contribution >= 0.6 is 0 Å². The predicted octanol–water partition coefficient (Wildman–Crippen LogP) is 1.54. The van der Waals surface area contributed by atoms with E-state index in [0.717, 1.165) is 12.8 Å². The van der Waals surface area contributed by atoms with Gasteiger partial charge in [0, 0.05) is 19.5 Å². The lowest BCUT2D eigenvalue weighted by atomic mass is 10.2. The van der Waals surface area contributed by atoms with E-state index >= 15 is 0 Å². The van der Waals surface area contributed by atoms with Gasteiger partial charge in [0.25, 0.3) is 0 Å². The van der Waals surface area contributed by atoms with Crippen molar-refractivity contribution < 1.29 is 13.2 Å². The van der Waals surface area contributed by atoms with Crippen LogP contribution in [-0.2, 0) is 16.4 Å². The van der Waals surface area contributed by atoms with E-state index in [9.17, 15) is 13.2 Å². The maximum absolute atomic E-state index is 12.9. The van der Waals surface area contributed by atoms with Gasteiger partial charge in [0.2, 0.25) is 10.0 Å². The number of benzene rings is 1. The molecule has 4 aromatic rings. The summed E-state index contributed by atoms with van der Waals surface area (Å²) in [7, 11) is -0.0148. The van der Waals surface area contributed by atoms with E-state index in [1.807, 2.05) is 32.8 Å². The lowest BCUT2D eigenvalue weighted by molar-refractivity contribution is 0.318. The van der Waals surface area contributed by atoms with Gasteiger partial charge in [0.1, 0.15) is 22.9 Å². The highest BCUT2D eigenvalue weighted by molar-refractivity contribution is 7.89. The number of nitrogens with one attached hydrogen (secondary N) is 3. The number of aromatic nitrogens is 6. The summed E-state index contributed by atoms with van der Waals surface area (Å²) >= 11 is 0. The molecule has 0 amide bonds. The van der Waals surface area contributed by atoms with Gasteiger partial charge >= 0.3 is 5.69 Å². The molecular formula is C22H30N8O4S. The quantitative estimate of drug-likeness (QED) is 0.279. The Bertz CT molecular complexity index is 1500. The monoisotopic (exact) mass is 502 g/mol. The number of likely N-dealkylation sites (N-methyl/N-ethyl adjacent to an activating group) is 1. The summed E-state index contributed by atoms with van der Waals surface area (Å²) in [5.74, 6) is 1.38. The zero-order chi connectivity index (χ0) is 25.2. The molecular weight excluding hydrogens is 472 g/mol. The first kappa shape index (κ1) is 24.8. The molecule has 4 rings (SSSR count). The molecule has 3 aromatic heterocycles. The molecule has 3 N–H and O–H groups in total. The minimum Gasteiger partial charge on any atom is -0.493 e. The van der Waals surface area contributed by atoms with Crippen molar-refractivity contribution in [3.8, 4) is 17.1 Å². The predicted molar refractivity (Wildman–Crippen MR) is 132 cm³/mol. The number of sulfonamides is 1. The highest BCUT2D eigenvalue weighted by Crippen LogP contribution is 2.32. The Morgan fingerprint density at radius 2 is 1.94 bits per heavy atom. The van der Waals surface area contributed by atoms with Gasteiger partial charge < -0.3 is 14.6 Å². The van der Waals surface area contributed by atoms with Gasteiger partial charge in [0.15, 0.2) is 11.3 Å². The smallest absolute Gasteiger partial charge is 0.334 e. The van der Waals surface area contributed by atoms with Crippen LogP contribution in [0.2, 0.25) is 0 Å². The molecule has 0 bridgehead atoms. The van der Waals surface area contributed by atoms with Crippen LogP contribution in [0.25, 0.3) is 28.2 Å². The molecule has 0 spiro atoms. The van der Waals surface area contributed by atoms with Gasteiger partial charge in [-0.15, -0.1) is 10.2 Å². The Kier molecular flexibility index (Phi) is 7.19. The average Bonchev–Trinajstić information content (AvgIpc) is 3.42. The van der Waals surface area contributed by atoms with Crippen molar-refractivity contribution in [1.82, 2.24) is 39.2 Å². The van der Waals surface area contributed by atoms with E-state index in [1.165, 1.54) is 16.5 Å². The summed E-state index contributed by atoms with van der Waals surface area (Å²) in [6, 6.07) is 4.64. The van der Waals surface area contributed by atoms with Gasteiger partial charge in [0.05, 0.1) is 17.1 Å². The first-order valence-corrected chi connectivity index (χ1v) is 13.0. The van der Waals surface area contributed by atoms with Crippen molar-refractivity contribution in [2.75, 3.05) is 33.8 Å². The van der Waals surface area contributed by atoms with Crippen LogP contribution in [0.3, 0.4) is 0 Å². The van der Waals surface area contributed by atoms with Gasteiger partial charge in [-0.2, -0.15) is 0 Å². The van der Waals surface area contributed by atoms with Crippen LogP contribution in [-0.4, -0.2) is 76.7 Å². The number of hydrogen-bond donors (Lipinski definition) is 3. The zero-order valence-electron chi connectivity index (χ0n) is 20.3. The van der Waals surface area contributed by atoms with Crippen LogP contribution in [0, 0.1) is 0 Å². The van der Waals surface area contributed by atoms with Gasteiger partial charge in [-0.3, -0.25) is 4.98 Å². The third kappa shape index (κ3) is 5.06. The number of hydrogen-bond acceptors (Lipinski definition) is 8. The number of fused-ring (bicyclic) bond motifs is 3. The second kappa shape index (κ2) is 10.1. The number of H-pyrrole nitrogens is 2. The third-order valence-corrected chi connectivity index (χ3v) is 6.85. The van der Waals surface area contributed by atoms with E-state index in [4.69, 9.17) is 4.74 Å². The van der Waals surface area contributed by atoms with E-state index in [2.05, 4.69) is 29.9 Å². The van der Waals surface area contributed by atoms with Crippen molar-refractivity contribution in [2.45, 2.75) is 38.0 Å². The molecule has 3 heterocycles. The number of ether oxygens (including phenoxy) is 1. The largest absolute Gasteiger partial charge is 0.493 e. The summed E-state index contributed by atoms with van der Waals surface area (Å²) in [6.45, 7) is 5.27. The molecule has 12 nitrogen and oxygen atoms in total. The Morgan fingerprint density at radius 3 is 2.66 bits per heavy atom. The first-order chi connectivity index (χ1) is 16.7. The Hall–Kier alpha value is -3.29. The number of nitrogens with zero attached hydrogens (tertiary/aromatic N) is 5. The maximum atomic E-state index is 12.9. The van der Waals surface area contributed by atoms with E-state index < -0.39 is 10.0 Å². The fourth-order valence-corrected chi connectivity index (χ4v) is 4.72. The number of rotatable bonds is 11. The number of aromatic amines is 2. The van der Waals surface area contributed by atoms with Crippen molar-refractivity contribution in [3.05, 3.63) is 34.5 Å².